The number of carbonyl (C=O) groups is 1. The minimum absolute atomic E-state index is 0.0983. The van der Waals surface area contributed by atoms with Crippen LogP contribution in [0, 0.1) is 0 Å². The summed E-state index contributed by atoms with van der Waals surface area (Å²) < 4.78 is 5.18. The quantitative estimate of drug-likeness (QED) is 0.776. The van der Waals surface area contributed by atoms with Gasteiger partial charge in [-0.25, -0.2) is 0 Å². The fourth-order valence-corrected chi connectivity index (χ4v) is 1.79. The van der Waals surface area contributed by atoms with Crippen molar-refractivity contribution in [3.63, 3.8) is 0 Å². The Hall–Kier alpha value is -2.76. The number of amides is 1. The summed E-state index contributed by atoms with van der Waals surface area (Å²) in [6, 6.07) is 9.60. The molecule has 0 saturated carbocycles. The molecular weight excluding hydrogens is 260 g/mol. The van der Waals surface area contributed by atoms with Crippen molar-refractivity contribution in [2.24, 2.45) is 0 Å². The van der Waals surface area contributed by atoms with E-state index in [1.54, 1.807) is 13.2 Å². The first-order valence-corrected chi connectivity index (χ1v) is 5.93. The van der Waals surface area contributed by atoms with Crippen molar-refractivity contribution in [1.29, 1.82) is 0 Å². The molecule has 20 heavy (non-hydrogen) atoms. The van der Waals surface area contributed by atoms with Crippen molar-refractivity contribution in [2.75, 3.05) is 7.11 Å². The van der Waals surface area contributed by atoms with E-state index in [4.69, 9.17) is 4.74 Å². The molecule has 3 N–H and O–H groups in total. The Bertz CT molecular complexity index is 679. The summed E-state index contributed by atoms with van der Waals surface area (Å²) in [6.45, 7) is 0.260. The summed E-state index contributed by atoms with van der Waals surface area (Å²) in [7, 11) is 1.55. The van der Waals surface area contributed by atoms with E-state index >= 15 is 0 Å². The van der Waals surface area contributed by atoms with E-state index in [-0.39, 0.29) is 18.0 Å². The first-order valence-electron chi connectivity index (χ1n) is 5.93. The lowest BCUT2D eigenvalue weighted by molar-refractivity contribution is 0.0950. The molecule has 0 saturated heterocycles. The lowest BCUT2D eigenvalue weighted by Crippen LogP contribution is -2.24. The lowest BCUT2D eigenvalue weighted by atomic mass is 10.2. The summed E-state index contributed by atoms with van der Waals surface area (Å²) in [4.78, 5) is 25.2. The molecule has 0 bridgehead atoms. The summed E-state index contributed by atoms with van der Waals surface area (Å²) in [6.07, 6.45) is 0. The summed E-state index contributed by atoms with van der Waals surface area (Å²) in [5, 5.41) is 11.9. The Labute approximate surface area is 115 Å². The van der Waals surface area contributed by atoms with E-state index in [1.807, 2.05) is 18.2 Å². The van der Waals surface area contributed by atoms with Crippen LogP contribution in [0.25, 0.3) is 0 Å². The van der Waals surface area contributed by atoms with Gasteiger partial charge in [0.05, 0.1) is 12.7 Å². The first kappa shape index (κ1) is 13.7. The second-order valence-electron chi connectivity index (χ2n) is 4.11. The number of nitrogens with one attached hydrogen (secondary N) is 2. The van der Waals surface area contributed by atoms with E-state index in [0.717, 1.165) is 11.6 Å². The van der Waals surface area contributed by atoms with Gasteiger partial charge in [0, 0.05) is 24.2 Å². The second-order valence-corrected chi connectivity index (χ2v) is 4.11. The van der Waals surface area contributed by atoms with Gasteiger partial charge in [0.2, 0.25) is 0 Å². The number of hydrogen-bond donors (Lipinski definition) is 3. The van der Waals surface area contributed by atoms with Crippen LogP contribution in [-0.4, -0.2) is 23.1 Å². The molecule has 2 aromatic rings. The third-order valence-corrected chi connectivity index (χ3v) is 2.72. The molecule has 1 heterocycles. The molecule has 0 fully saturated rings. The van der Waals surface area contributed by atoms with Crippen LogP contribution in [0.4, 0.5) is 0 Å². The monoisotopic (exact) mass is 274 g/mol. The Morgan fingerprint density at radius 3 is 2.80 bits per heavy atom. The highest BCUT2D eigenvalue weighted by Gasteiger charge is 2.09. The molecule has 0 aliphatic heterocycles. The molecule has 0 spiro atoms. The summed E-state index contributed by atoms with van der Waals surface area (Å²) in [5.74, 6) is -0.126. The van der Waals surface area contributed by atoms with E-state index in [2.05, 4.69) is 10.3 Å². The topological polar surface area (TPSA) is 91.4 Å². The van der Waals surface area contributed by atoms with Gasteiger partial charge in [0.1, 0.15) is 5.75 Å². The number of benzene rings is 1. The molecule has 6 heteroatoms. The van der Waals surface area contributed by atoms with Gasteiger partial charge in [-0.3, -0.25) is 14.6 Å². The fraction of sp³-hybridized carbons (Fsp3) is 0.143. The number of pyridine rings is 1. The molecule has 6 nitrogen and oxygen atoms in total. The van der Waals surface area contributed by atoms with Crippen LogP contribution in [0.5, 0.6) is 11.6 Å². The van der Waals surface area contributed by atoms with Crippen molar-refractivity contribution >= 4 is 5.91 Å². The zero-order valence-electron chi connectivity index (χ0n) is 10.8. The van der Waals surface area contributed by atoms with Crippen molar-refractivity contribution in [1.82, 2.24) is 10.3 Å². The molecule has 0 radical (unpaired) electrons. The van der Waals surface area contributed by atoms with Crippen molar-refractivity contribution in [3.05, 3.63) is 57.9 Å². The van der Waals surface area contributed by atoms with Crippen molar-refractivity contribution in [3.8, 4) is 11.6 Å². The van der Waals surface area contributed by atoms with Crippen LogP contribution in [0.2, 0.25) is 0 Å². The van der Waals surface area contributed by atoms with Gasteiger partial charge in [-0.1, -0.05) is 18.2 Å². The maximum atomic E-state index is 11.9. The average molecular weight is 274 g/mol. The first-order chi connectivity index (χ1) is 9.60. The van der Waals surface area contributed by atoms with Gasteiger partial charge in [-0.15, -0.1) is 0 Å². The number of methoxy groups -OCH3 is 1. The van der Waals surface area contributed by atoms with Gasteiger partial charge >= 0.3 is 0 Å². The molecule has 104 valence electrons. The van der Waals surface area contributed by atoms with E-state index in [1.165, 1.54) is 6.07 Å². The largest absolute Gasteiger partial charge is 0.496 e. The fourth-order valence-electron chi connectivity index (χ4n) is 1.79. The highest BCUT2D eigenvalue weighted by atomic mass is 16.5. The van der Waals surface area contributed by atoms with Crippen LogP contribution >= 0.6 is 0 Å². The molecule has 0 aliphatic carbocycles. The van der Waals surface area contributed by atoms with Gasteiger partial charge in [-0.05, 0) is 6.07 Å². The highest BCUT2D eigenvalue weighted by Crippen LogP contribution is 2.16. The number of carbonyl (C=O) groups excluding carboxylic acids is 1. The molecule has 1 aromatic heterocycles. The molecule has 1 amide bonds. The standard InChI is InChI=1S/C14H14N2O4/c1-20-11-5-3-2-4-9(11)8-15-14(19)10-6-12(17)16-13(18)7-10/h2-7H,8H2,1H3,(H,15,19)(H2,16,17,18). The van der Waals surface area contributed by atoms with Crippen LogP contribution in [0.3, 0.4) is 0 Å². The van der Waals surface area contributed by atoms with Crippen LogP contribution in [0.1, 0.15) is 15.9 Å². The smallest absolute Gasteiger partial charge is 0.251 e. The Morgan fingerprint density at radius 2 is 2.10 bits per heavy atom. The number of aromatic hydroxyl groups is 1. The molecule has 0 unspecified atom stereocenters. The number of ether oxygens (including phenoxy) is 1. The third-order valence-electron chi connectivity index (χ3n) is 2.72. The van der Waals surface area contributed by atoms with Gasteiger partial charge < -0.3 is 15.2 Å². The van der Waals surface area contributed by atoms with Crippen LogP contribution < -0.4 is 15.6 Å². The van der Waals surface area contributed by atoms with Crippen molar-refractivity contribution in [2.45, 2.75) is 6.54 Å². The molecule has 1 aromatic carbocycles. The number of para-hydroxylation sites is 1. The van der Waals surface area contributed by atoms with Crippen molar-refractivity contribution < 1.29 is 14.6 Å². The maximum absolute atomic E-state index is 11.9. The number of aromatic amines is 1. The second kappa shape index (κ2) is 5.92. The Kier molecular flexibility index (Phi) is 4.05. The zero-order valence-corrected chi connectivity index (χ0v) is 10.8. The third kappa shape index (κ3) is 3.17. The summed E-state index contributed by atoms with van der Waals surface area (Å²) >= 11 is 0. The summed E-state index contributed by atoms with van der Waals surface area (Å²) in [5.41, 5.74) is 0.381. The minimum atomic E-state index is -0.535. The van der Waals surface area contributed by atoms with Crippen LogP contribution in [0.15, 0.2) is 41.2 Å². The maximum Gasteiger partial charge on any atom is 0.251 e. The average Bonchev–Trinajstić information content (AvgIpc) is 2.44. The number of rotatable bonds is 4. The normalized spacial score (nSPS) is 10.1. The highest BCUT2D eigenvalue weighted by molar-refractivity contribution is 5.94. The number of H-pyrrole nitrogens is 1. The van der Waals surface area contributed by atoms with Gasteiger partial charge in [0.15, 0.2) is 5.88 Å². The Balaban J connectivity index is 2.10. The van der Waals surface area contributed by atoms with E-state index in [0.29, 0.717) is 5.75 Å². The molecular formula is C14H14N2O4. The lowest BCUT2D eigenvalue weighted by Gasteiger charge is -2.09. The molecule has 0 aliphatic rings. The molecule has 0 atom stereocenters. The SMILES string of the molecule is COc1ccccc1CNC(=O)c1cc(O)[nH]c(=O)c1. The Morgan fingerprint density at radius 1 is 1.35 bits per heavy atom. The number of hydrogen-bond acceptors (Lipinski definition) is 4. The predicted octanol–water partition coefficient (Wildman–Crippen LogP) is 1.02. The number of aromatic nitrogens is 1. The zero-order chi connectivity index (χ0) is 14.5. The predicted molar refractivity (Wildman–Crippen MR) is 72.9 cm³/mol. The van der Waals surface area contributed by atoms with E-state index < -0.39 is 11.5 Å². The van der Waals surface area contributed by atoms with E-state index in [9.17, 15) is 14.7 Å². The van der Waals surface area contributed by atoms with Crippen LogP contribution in [-0.2, 0) is 6.54 Å². The molecule has 2 rings (SSSR count). The van der Waals surface area contributed by atoms with Gasteiger partial charge in [0.25, 0.3) is 11.5 Å². The van der Waals surface area contributed by atoms with Gasteiger partial charge in [-0.2, -0.15) is 0 Å². The minimum Gasteiger partial charge on any atom is -0.496 e.